The zero-order valence-corrected chi connectivity index (χ0v) is 15.5. The van der Waals surface area contributed by atoms with Gasteiger partial charge in [-0.2, -0.15) is 5.10 Å². The summed E-state index contributed by atoms with van der Waals surface area (Å²) < 4.78 is 0. The Bertz CT molecular complexity index is 766. The molecule has 2 amide bonds. The average molecular weight is 351 g/mol. The van der Waals surface area contributed by atoms with Crippen molar-refractivity contribution in [1.82, 2.24) is 10.7 Å². The Labute approximate surface area is 154 Å². The molecule has 0 aliphatic rings. The largest absolute Gasteiger partial charge is 0.354 e. The van der Waals surface area contributed by atoms with Crippen molar-refractivity contribution in [3.63, 3.8) is 0 Å². The van der Waals surface area contributed by atoms with Gasteiger partial charge < -0.3 is 5.32 Å². The second-order valence-electron chi connectivity index (χ2n) is 6.52. The lowest BCUT2D eigenvalue weighted by atomic mass is 10.0. The molecule has 2 rings (SSSR count). The van der Waals surface area contributed by atoms with Gasteiger partial charge in [-0.05, 0) is 37.5 Å². The molecular formula is C21H25N3O2. The van der Waals surface area contributed by atoms with Gasteiger partial charge in [-0.1, -0.05) is 54.6 Å². The van der Waals surface area contributed by atoms with E-state index in [4.69, 9.17) is 0 Å². The molecule has 0 bridgehead atoms. The van der Waals surface area contributed by atoms with Crippen LogP contribution >= 0.6 is 0 Å². The van der Waals surface area contributed by atoms with Crippen LogP contribution < -0.4 is 10.7 Å². The number of amides is 2. The molecule has 26 heavy (non-hydrogen) atoms. The minimum atomic E-state index is -0.207. The van der Waals surface area contributed by atoms with E-state index in [1.807, 2.05) is 56.3 Å². The molecule has 0 aliphatic carbocycles. The van der Waals surface area contributed by atoms with Gasteiger partial charge >= 0.3 is 0 Å². The number of carbonyl (C=O) groups is 2. The van der Waals surface area contributed by atoms with Crippen molar-refractivity contribution in [1.29, 1.82) is 0 Å². The van der Waals surface area contributed by atoms with E-state index in [0.29, 0.717) is 5.71 Å². The summed E-state index contributed by atoms with van der Waals surface area (Å²) in [7, 11) is 0. The van der Waals surface area contributed by atoms with Crippen molar-refractivity contribution in [3.05, 3.63) is 60.2 Å². The molecule has 2 N–H and O–H groups in total. The molecular weight excluding hydrogens is 326 g/mol. The van der Waals surface area contributed by atoms with Crippen LogP contribution in [0.1, 0.15) is 32.8 Å². The van der Waals surface area contributed by atoms with Gasteiger partial charge in [-0.15, -0.1) is 0 Å². The second kappa shape index (κ2) is 9.51. The summed E-state index contributed by atoms with van der Waals surface area (Å²) in [6, 6.07) is 18.1. The highest BCUT2D eigenvalue weighted by molar-refractivity contribution is 6.00. The summed E-state index contributed by atoms with van der Waals surface area (Å²) in [6.07, 6.45) is 0.411. The van der Waals surface area contributed by atoms with E-state index in [0.717, 1.165) is 16.7 Å². The molecule has 0 saturated heterocycles. The normalized spacial score (nSPS) is 11.3. The van der Waals surface area contributed by atoms with E-state index < -0.39 is 0 Å². The summed E-state index contributed by atoms with van der Waals surface area (Å²) in [5.41, 5.74) is 6.23. The average Bonchev–Trinajstić information content (AvgIpc) is 2.60. The smallest absolute Gasteiger partial charge is 0.244 e. The number of rotatable bonds is 7. The number of carbonyl (C=O) groups excluding carboxylic acids is 2. The fourth-order valence-electron chi connectivity index (χ4n) is 2.47. The van der Waals surface area contributed by atoms with Gasteiger partial charge in [0.25, 0.3) is 0 Å². The van der Waals surface area contributed by atoms with Gasteiger partial charge in [0.1, 0.15) is 0 Å². The SMILES string of the molecule is CC(CC(=O)NC(C)C)=NNC(=O)Cc1ccc(-c2ccccc2)cc1. The minimum Gasteiger partial charge on any atom is -0.354 e. The molecule has 0 unspecified atom stereocenters. The summed E-state index contributed by atoms with van der Waals surface area (Å²) in [6.45, 7) is 5.51. The van der Waals surface area contributed by atoms with Gasteiger partial charge in [0.05, 0.1) is 12.8 Å². The fourth-order valence-corrected chi connectivity index (χ4v) is 2.47. The van der Waals surface area contributed by atoms with Crippen LogP contribution in [-0.2, 0) is 16.0 Å². The lowest BCUT2D eigenvalue weighted by Gasteiger charge is -2.08. The molecule has 5 nitrogen and oxygen atoms in total. The number of hydrogen-bond acceptors (Lipinski definition) is 3. The van der Waals surface area contributed by atoms with Crippen LogP contribution in [0.5, 0.6) is 0 Å². The molecule has 0 aliphatic heterocycles. The molecule has 0 radical (unpaired) electrons. The van der Waals surface area contributed by atoms with Crippen LogP contribution in [0, 0.1) is 0 Å². The van der Waals surface area contributed by atoms with Crippen molar-refractivity contribution in [3.8, 4) is 11.1 Å². The maximum Gasteiger partial charge on any atom is 0.244 e. The highest BCUT2D eigenvalue weighted by Gasteiger charge is 2.07. The Kier molecular flexibility index (Phi) is 7.09. The van der Waals surface area contributed by atoms with Crippen LogP contribution in [0.2, 0.25) is 0 Å². The molecule has 0 atom stereocenters. The molecule has 0 heterocycles. The molecule has 0 saturated carbocycles. The first-order chi connectivity index (χ1) is 12.4. The van der Waals surface area contributed by atoms with Crippen molar-refractivity contribution in [2.75, 3.05) is 0 Å². The van der Waals surface area contributed by atoms with Crippen LogP contribution in [0.3, 0.4) is 0 Å². The predicted octanol–water partition coefficient (Wildman–Crippen LogP) is 3.30. The number of nitrogens with zero attached hydrogens (tertiary/aromatic N) is 1. The Hall–Kier alpha value is -2.95. The molecule has 0 fully saturated rings. The second-order valence-corrected chi connectivity index (χ2v) is 6.52. The Morgan fingerprint density at radius 2 is 1.54 bits per heavy atom. The maximum absolute atomic E-state index is 12.0. The van der Waals surface area contributed by atoms with E-state index in [1.54, 1.807) is 6.92 Å². The Morgan fingerprint density at radius 1 is 0.923 bits per heavy atom. The number of hydrazone groups is 1. The first kappa shape index (κ1) is 19.4. The Morgan fingerprint density at radius 3 is 2.15 bits per heavy atom. The highest BCUT2D eigenvalue weighted by atomic mass is 16.2. The third kappa shape index (κ3) is 6.51. The quantitative estimate of drug-likeness (QED) is 0.593. The van der Waals surface area contributed by atoms with Gasteiger partial charge in [-0.25, -0.2) is 5.43 Å². The molecule has 0 spiro atoms. The van der Waals surface area contributed by atoms with E-state index in [-0.39, 0.29) is 30.7 Å². The van der Waals surface area contributed by atoms with Crippen molar-refractivity contribution in [2.24, 2.45) is 5.10 Å². The van der Waals surface area contributed by atoms with Crippen molar-refractivity contribution < 1.29 is 9.59 Å². The van der Waals surface area contributed by atoms with E-state index in [9.17, 15) is 9.59 Å². The molecule has 2 aromatic rings. The summed E-state index contributed by atoms with van der Waals surface area (Å²) >= 11 is 0. The third-order valence-corrected chi connectivity index (χ3v) is 3.66. The Balaban J connectivity index is 1.86. The van der Waals surface area contributed by atoms with Gasteiger partial charge in [0, 0.05) is 11.8 Å². The molecule has 136 valence electrons. The number of benzene rings is 2. The van der Waals surface area contributed by atoms with Crippen LogP contribution in [0.4, 0.5) is 0 Å². The maximum atomic E-state index is 12.0. The summed E-state index contributed by atoms with van der Waals surface area (Å²) in [5.74, 6) is -0.312. The lowest BCUT2D eigenvalue weighted by molar-refractivity contribution is -0.121. The van der Waals surface area contributed by atoms with Gasteiger partial charge in [-0.3, -0.25) is 9.59 Å². The van der Waals surface area contributed by atoms with Gasteiger partial charge in [0.2, 0.25) is 11.8 Å². The van der Waals surface area contributed by atoms with E-state index in [1.165, 1.54) is 0 Å². The highest BCUT2D eigenvalue weighted by Crippen LogP contribution is 2.19. The summed E-state index contributed by atoms with van der Waals surface area (Å²) in [5, 5.41) is 6.78. The van der Waals surface area contributed by atoms with Crippen LogP contribution in [0.15, 0.2) is 59.7 Å². The first-order valence-electron chi connectivity index (χ1n) is 8.70. The fraction of sp³-hybridized carbons (Fsp3) is 0.286. The first-order valence-corrected chi connectivity index (χ1v) is 8.70. The van der Waals surface area contributed by atoms with Crippen molar-refractivity contribution in [2.45, 2.75) is 39.7 Å². The summed E-state index contributed by atoms with van der Waals surface area (Å²) in [4.78, 5) is 23.7. The van der Waals surface area contributed by atoms with Gasteiger partial charge in [0.15, 0.2) is 0 Å². The van der Waals surface area contributed by atoms with Crippen LogP contribution in [-0.4, -0.2) is 23.6 Å². The monoisotopic (exact) mass is 351 g/mol. The zero-order valence-electron chi connectivity index (χ0n) is 15.5. The van der Waals surface area contributed by atoms with E-state index in [2.05, 4.69) is 28.0 Å². The minimum absolute atomic E-state index is 0.0868. The topological polar surface area (TPSA) is 70.6 Å². The molecule has 5 heteroatoms. The predicted molar refractivity (Wildman–Crippen MR) is 105 cm³/mol. The molecule has 2 aromatic carbocycles. The zero-order chi connectivity index (χ0) is 18.9. The van der Waals surface area contributed by atoms with E-state index >= 15 is 0 Å². The standard InChI is InChI=1S/C21H25N3O2/c1-15(2)22-20(25)13-16(3)23-24-21(26)14-17-9-11-19(12-10-17)18-7-5-4-6-8-18/h4-12,15H,13-14H2,1-3H3,(H,22,25)(H,24,26). The van der Waals surface area contributed by atoms with Crippen LogP contribution in [0.25, 0.3) is 11.1 Å². The number of hydrogen-bond donors (Lipinski definition) is 2. The number of nitrogens with one attached hydrogen (secondary N) is 2. The lowest BCUT2D eigenvalue weighted by Crippen LogP contribution is -2.31. The third-order valence-electron chi connectivity index (χ3n) is 3.66. The molecule has 0 aromatic heterocycles. The van der Waals surface area contributed by atoms with Crippen molar-refractivity contribution >= 4 is 17.5 Å².